The molecule has 0 amide bonds. The quantitative estimate of drug-likeness (QED) is 0.880. The van der Waals surface area contributed by atoms with Crippen molar-refractivity contribution < 1.29 is 8.78 Å². The molecule has 0 bridgehead atoms. The van der Waals surface area contributed by atoms with Gasteiger partial charge in [-0.15, -0.1) is 0 Å². The number of nitrogens with one attached hydrogen (secondary N) is 2. The normalized spacial score (nSPS) is 10.3. The van der Waals surface area contributed by atoms with E-state index in [1.54, 1.807) is 18.5 Å². The summed E-state index contributed by atoms with van der Waals surface area (Å²) in [6, 6.07) is 4.09. The van der Waals surface area contributed by atoms with Gasteiger partial charge < -0.3 is 10.6 Å². The molecule has 0 fully saturated rings. The zero-order valence-corrected chi connectivity index (χ0v) is 10.8. The fourth-order valence-electron chi connectivity index (χ4n) is 1.71. The molecular weight excluding hydrogens is 248 g/mol. The van der Waals surface area contributed by atoms with Crippen molar-refractivity contribution in [3.63, 3.8) is 0 Å². The molecule has 5 heteroatoms. The molecule has 0 aliphatic heterocycles. The molecule has 2 N–H and O–H groups in total. The molecule has 0 unspecified atom stereocenters. The molecule has 1 heterocycles. The molecule has 2 aromatic rings. The Morgan fingerprint density at radius 1 is 1.05 bits per heavy atom. The van der Waals surface area contributed by atoms with Crippen LogP contribution in [-0.4, -0.2) is 11.5 Å². The molecule has 0 aliphatic carbocycles. The second-order valence-electron chi connectivity index (χ2n) is 4.20. The number of aromatic nitrogens is 1. The van der Waals surface area contributed by atoms with Gasteiger partial charge in [-0.05, 0) is 31.5 Å². The van der Waals surface area contributed by atoms with Crippen molar-refractivity contribution in [3.05, 3.63) is 47.8 Å². The largest absolute Gasteiger partial charge is 0.384 e. The van der Waals surface area contributed by atoms with E-state index >= 15 is 0 Å². The Hall–Kier alpha value is -2.17. The molecule has 0 saturated carbocycles. The first-order valence-electron chi connectivity index (χ1n) is 6.01. The van der Waals surface area contributed by atoms with Crippen LogP contribution in [0.1, 0.15) is 12.5 Å². The van der Waals surface area contributed by atoms with Crippen molar-refractivity contribution in [2.75, 3.05) is 17.2 Å². The maximum atomic E-state index is 13.7. The monoisotopic (exact) mass is 263 g/mol. The highest BCUT2D eigenvalue weighted by Gasteiger charge is 2.07. The third kappa shape index (κ3) is 3.19. The molecule has 2 rings (SSSR count). The molecule has 3 nitrogen and oxygen atoms in total. The number of aryl methyl sites for hydroxylation is 1. The summed E-state index contributed by atoms with van der Waals surface area (Å²) in [6.45, 7) is 4.25. The highest BCUT2D eigenvalue weighted by molar-refractivity contribution is 5.63. The van der Waals surface area contributed by atoms with Crippen molar-refractivity contribution >= 4 is 17.1 Å². The number of benzene rings is 1. The van der Waals surface area contributed by atoms with Crippen molar-refractivity contribution in [1.82, 2.24) is 4.98 Å². The molecular formula is C14H15F2N3. The van der Waals surface area contributed by atoms with Gasteiger partial charge in [-0.2, -0.15) is 0 Å². The van der Waals surface area contributed by atoms with E-state index in [4.69, 9.17) is 0 Å². The van der Waals surface area contributed by atoms with E-state index in [0.29, 0.717) is 5.69 Å². The fourth-order valence-corrected chi connectivity index (χ4v) is 1.71. The fraction of sp³-hybridized carbons (Fsp3) is 0.214. The van der Waals surface area contributed by atoms with Crippen LogP contribution in [0.3, 0.4) is 0 Å². The zero-order valence-electron chi connectivity index (χ0n) is 10.8. The average molecular weight is 263 g/mol. The lowest BCUT2D eigenvalue weighted by Crippen LogP contribution is -2.00. The van der Waals surface area contributed by atoms with Crippen molar-refractivity contribution in [2.24, 2.45) is 0 Å². The summed E-state index contributed by atoms with van der Waals surface area (Å²) in [5.74, 6) is -0.938. The van der Waals surface area contributed by atoms with Crippen LogP contribution < -0.4 is 10.6 Å². The first kappa shape index (κ1) is 13.3. The number of halogens is 2. The Labute approximate surface area is 110 Å². The van der Waals surface area contributed by atoms with Gasteiger partial charge in [0.15, 0.2) is 0 Å². The van der Waals surface area contributed by atoms with Crippen LogP contribution in [0.15, 0.2) is 30.6 Å². The van der Waals surface area contributed by atoms with Crippen LogP contribution in [0.25, 0.3) is 0 Å². The average Bonchev–Trinajstić information content (AvgIpc) is 2.37. The lowest BCUT2D eigenvalue weighted by molar-refractivity contribution is 0.595. The maximum absolute atomic E-state index is 13.7. The van der Waals surface area contributed by atoms with Gasteiger partial charge in [0.25, 0.3) is 0 Å². The standard InChI is InChI=1S/C14H15F2N3/c1-3-18-10-5-11(8-17-7-10)19-14-6-12(15)9(2)4-13(14)16/h4-8,18-19H,3H2,1-2H3. The minimum Gasteiger partial charge on any atom is -0.384 e. The molecule has 1 aromatic carbocycles. The van der Waals surface area contributed by atoms with Crippen molar-refractivity contribution in [3.8, 4) is 0 Å². The predicted molar refractivity (Wildman–Crippen MR) is 72.8 cm³/mol. The predicted octanol–water partition coefficient (Wildman–Crippen LogP) is 3.84. The highest BCUT2D eigenvalue weighted by Crippen LogP contribution is 2.23. The van der Waals surface area contributed by atoms with Crippen LogP contribution in [-0.2, 0) is 0 Å². The van der Waals surface area contributed by atoms with Crippen molar-refractivity contribution in [2.45, 2.75) is 13.8 Å². The van der Waals surface area contributed by atoms with Crippen LogP contribution in [0.5, 0.6) is 0 Å². The number of rotatable bonds is 4. The summed E-state index contributed by atoms with van der Waals surface area (Å²) >= 11 is 0. The van der Waals surface area contributed by atoms with Crippen LogP contribution >= 0.6 is 0 Å². The van der Waals surface area contributed by atoms with Gasteiger partial charge in [-0.3, -0.25) is 4.98 Å². The van der Waals surface area contributed by atoms with E-state index < -0.39 is 11.6 Å². The maximum Gasteiger partial charge on any atom is 0.147 e. The Kier molecular flexibility index (Phi) is 3.94. The van der Waals surface area contributed by atoms with Crippen molar-refractivity contribution in [1.29, 1.82) is 0 Å². The third-order valence-corrected chi connectivity index (χ3v) is 2.65. The van der Waals surface area contributed by atoms with Crippen LogP contribution in [0.2, 0.25) is 0 Å². The lowest BCUT2D eigenvalue weighted by Gasteiger charge is -2.10. The van der Waals surface area contributed by atoms with E-state index in [0.717, 1.165) is 18.3 Å². The van der Waals surface area contributed by atoms with E-state index in [2.05, 4.69) is 15.6 Å². The van der Waals surface area contributed by atoms with E-state index in [1.807, 2.05) is 6.92 Å². The molecule has 0 aliphatic rings. The highest BCUT2D eigenvalue weighted by atomic mass is 19.1. The van der Waals surface area contributed by atoms with Gasteiger partial charge in [0.2, 0.25) is 0 Å². The summed E-state index contributed by atoms with van der Waals surface area (Å²) in [4.78, 5) is 4.03. The Morgan fingerprint density at radius 3 is 2.53 bits per heavy atom. The van der Waals surface area contributed by atoms with Gasteiger partial charge in [-0.25, -0.2) is 8.78 Å². The second-order valence-corrected chi connectivity index (χ2v) is 4.20. The van der Waals surface area contributed by atoms with Gasteiger partial charge in [0.05, 0.1) is 29.5 Å². The molecule has 100 valence electrons. The zero-order chi connectivity index (χ0) is 13.8. The first-order valence-corrected chi connectivity index (χ1v) is 6.01. The van der Waals surface area contributed by atoms with E-state index in [-0.39, 0.29) is 11.3 Å². The molecule has 0 radical (unpaired) electrons. The number of hydrogen-bond donors (Lipinski definition) is 2. The summed E-state index contributed by atoms with van der Waals surface area (Å²) in [5.41, 5.74) is 1.79. The molecule has 0 saturated heterocycles. The van der Waals surface area contributed by atoms with Gasteiger partial charge >= 0.3 is 0 Å². The van der Waals surface area contributed by atoms with Gasteiger partial charge in [-0.1, -0.05) is 0 Å². The summed E-state index contributed by atoms with van der Waals surface area (Å²) in [7, 11) is 0. The third-order valence-electron chi connectivity index (χ3n) is 2.65. The molecule has 0 atom stereocenters. The number of hydrogen-bond acceptors (Lipinski definition) is 3. The lowest BCUT2D eigenvalue weighted by atomic mass is 10.2. The molecule has 19 heavy (non-hydrogen) atoms. The van der Waals surface area contributed by atoms with E-state index in [9.17, 15) is 8.78 Å². The van der Waals surface area contributed by atoms with Crippen LogP contribution in [0.4, 0.5) is 25.8 Å². The van der Waals surface area contributed by atoms with E-state index in [1.165, 1.54) is 13.0 Å². The topological polar surface area (TPSA) is 37.0 Å². The number of anilines is 3. The minimum atomic E-state index is -0.493. The summed E-state index contributed by atoms with van der Waals surface area (Å²) < 4.78 is 27.1. The molecule has 1 aromatic heterocycles. The second kappa shape index (κ2) is 5.65. The van der Waals surface area contributed by atoms with Crippen LogP contribution in [0, 0.1) is 18.6 Å². The number of nitrogens with zero attached hydrogens (tertiary/aromatic N) is 1. The Bertz CT molecular complexity index is 585. The smallest absolute Gasteiger partial charge is 0.147 e. The van der Waals surface area contributed by atoms with Gasteiger partial charge in [0.1, 0.15) is 11.6 Å². The SMILES string of the molecule is CCNc1cncc(Nc2cc(F)c(C)cc2F)c1. The first-order chi connectivity index (χ1) is 9.10. The Morgan fingerprint density at radius 2 is 1.79 bits per heavy atom. The van der Waals surface area contributed by atoms with Gasteiger partial charge in [0, 0.05) is 12.6 Å². The summed E-state index contributed by atoms with van der Waals surface area (Å²) in [6.07, 6.45) is 3.22. The molecule has 0 spiro atoms. The number of pyridine rings is 1. The summed E-state index contributed by atoms with van der Waals surface area (Å²) in [5, 5.41) is 5.92. The minimum absolute atomic E-state index is 0.0959. The Balaban J connectivity index is 2.25.